The van der Waals surface area contributed by atoms with Crippen molar-refractivity contribution in [2.45, 2.75) is 39.0 Å². The van der Waals surface area contributed by atoms with Crippen LogP contribution < -0.4 is 20.3 Å². The van der Waals surface area contributed by atoms with Crippen LogP contribution in [-0.2, 0) is 13.5 Å². The molecule has 9 heteroatoms. The molecular formula is C30H37N7O2. The second-order valence-corrected chi connectivity index (χ2v) is 11.1. The number of nitrogens with zero attached hydrogens (tertiary/aromatic N) is 6. The smallest absolute Gasteiger partial charge is 0.278 e. The van der Waals surface area contributed by atoms with Crippen LogP contribution in [0.2, 0.25) is 0 Å². The Morgan fingerprint density at radius 3 is 2.79 bits per heavy atom. The van der Waals surface area contributed by atoms with Gasteiger partial charge in [0.2, 0.25) is 5.88 Å². The van der Waals surface area contributed by atoms with Gasteiger partial charge in [0.1, 0.15) is 5.84 Å². The van der Waals surface area contributed by atoms with Gasteiger partial charge in [-0.05, 0) is 74.3 Å². The third-order valence-electron chi connectivity index (χ3n) is 8.18. The van der Waals surface area contributed by atoms with Crippen molar-refractivity contribution in [2.24, 2.45) is 29.6 Å². The van der Waals surface area contributed by atoms with Crippen LogP contribution >= 0.6 is 0 Å². The number of hydrogen-bond donors (Lipinski definition) is 1. The standard InChI is InChI=1S/C30H37N7O2/c1-19-13-23-14-26(33-19)25-17-32-36(3)30(25)39-12-4-5-22(20-6-7-20)18-37-27-16-24(35(2)11-10-31)9-8-21(27)15-28(37)34-29(23)38/h8-9,13-14,16-17,20,22H,4-7,10-12,15,18,31H2,1-3H3/t22-/m1/s1. The van der Waals surface area contributed by atoms with Gasteiger partial charge >= 0.3 is 0 Å². The van der Waals surface area contributed by atoms with Crippen LogP contribution in [0.4, 0.5) is 11.4 Å². The molecule has 0 saturated heterocycles. The lowest BCUT2D eigenvalue weighted by atomic mass is 9.97. The fourth-order valence-corrected chi connectivity index (χ4v) is 5.90. The van der Waals surface area contributed by atoms with E-state index in [0.29, 0.717) is 48.5 Å². The van der Waals surface area contributed by atoms with Gasteiger partial charge in [0.05, 0.1) is 24.1 Å². The molecule has 0 unspecified atom stereocenters. The second-order valence-electron chi connectivity index (χ2n) is 11.1. The molecule has 3 aliphatic rings. The second kappa shape index (κ2) is 10.4. The van der Waals surface area contributed by atoms with Crippen LogP contribution in [0.5, 0.6) is 5.88 Å². The van der Waals surface area contributed by atoms with Crippen LogP contribution in [-0.4, -0.2) is 59.8 Å². The quantitative estimate of drug-likeness (QED) is 0.547. The number of carbonyl (C=O) groups is 1. The maximum atomic E-state index is 13.7. The molecule has 1 atom stereocenters. The minimum atomic E-state index is -0.251. The zero-order valence-electron chi connectivity index (χ0n) is 23.1. The van der Waals surface area contributed by atoms with Crippen molar-refractivity contribution in [1.29, 1.82) is 0 Å². The highest BCUT2D eigenvalue weighted by Gasteiger charge is 2.36. The molecule has 2 aliphatic heterocycles. The van der Waals surface area contributed by atoms with Crippen molar-refractivity contribution in [1.82, 2.24) is 14.8 Å². The van der Waals surface area contributed by atoms with Crippen molar-refractivity contribution in [3.8, 4) is 17.1 Å². The molecule has 6 rings (SSSR count). The first-order valence-electron chi connectivity index (χ1n) is 14.0. The van der Waals surface area contributed by atoms with Crippen LogP contribution in [0, 0.1) is 18.8 Å². The van der Waals surface area contributed by atoms with Gasteiger partial charge in [-0.3, -0.25) is 9.78 Å². The van der Waals surface area contributed by atoms with Crippen LogP contribution in [0.15, 0.2) is 41.5 Å². The minimum absolute atomic E-state index is 0.251. The summed E-state index contributed by atoms with van der Waals surface area (Å²) >= 11 is 0. The third kappa shape index (κ3) is 5.15. The molecule has 1 fully saturated rings. The predicted molar refractivity (Wildman–Crippen MR) is 154 cm³/mol. The number of ether oxygens (including phenoxy) is 1. The van der Waals surface area contributed by atoms with E-state index >= 15 is 0 Å². The summed E-state index contributed by atoms with van der Waals surface area (Å²) in [5.41, 5.74) is 12.1. The number of hydrogen-bond acceptors (Lipinski definition) is 7. The number of anilines is 2. The van der Waals surface area contributed by atoms with E-state index in [9.17, 15) is 4.79 Å². The lowest BCUT2D eigenvalue weighted by Gasteiger charge is -2.28. The van der Waals surface area contributed by atoms with Gasteiger partial charge in [-0.2, -0.15) is 10.1 Å². The van der Waals surface area contributed by atoms with Gasteiger partial charge in [0, 0.05) is 62.8 Å². The molecule has 3 aromatic rings. The van der Waals surface area contributed by atoms with Crippen molar-refractivity contribution in [3.05, 3.63) is 53.3 Å². The minimum Gasteiger partial charge on any atom is -0.477 e. The zero-order valence-corrected chi connectivity index (χ0v) is 23.1. The Morgan fingerprint density at radius 2 is 2.00 bits per heavy atom. The average Bonchev–Trinajstić information content (AvgIpc) is 3.62. The topological polar surface area (TPSA) is 102 Å². The molecular weight excluding hydrogens is 490 g/mol. The number of benzene rings is 1. The maximum Gasteiger partial charge on any atom is 0.278 e. The highest BCUT2D eigenvalue weighted by atomic mass is 16.5. The number of amides is 1. The number of likely N-dealkylation sites (N-methyl/N-ethyl adjacent to an activating group) is 1. The normalized spacial score (nSPS) is 19.3. The van der Waals surface area contributed by atoms with Gasteiger partial charge in [-0.25, -0.2) is 4.68 Å². The Kier molecular flexibility index (Phi) is 6.85. The van der Waals surface area contributed by atoms with E-state index in [2.05, 4.69) is 40.1 Å². The molecule has 4 heterocycles. The van der Waals surface area contributed by atoms with E-state index in [-0.39, 0.29) is 5.91 Å². The Labute approximate surface area is 229 Å². The molecule has 1 saturated carbocycles. The Morgan fingerprint density at radius 1 is 1.15 bits per heavy atom. The largest absolute Gasteiger partial charge is 0.477 e. The molecule has 0 spiro atoms. The molecule has 204 valence electrons. The van der Waals surface area contributed by atoms with Crippen molar-refractivity contribution >= 4 is 23.1 Å². The molecule has 1 aliphatic carbocycles. The van der Waals surface area contributed by atoms with Gasteiger partial charge in [0.15, 0.2) is 0 Å². The molecule has 2 aromatic heterocycles. The Hall–Kier alpha value is -3.72. The number of pyridine rings is 1. The average molecular weight is 528 g/mol. The van der Waals surface area contributed by atoms with Gasteiger partial charge in [0.25, 0.3) is 5.91 Å². The predicted octanol–water partition coefficient (Wildman–Crippen LogP) is 3.99. The highest BCUT2D eigenvalue weighted by Crippen LogP contribution is 2.42. The first kappa shape index (κ1) is 25.6. The van der Waals surface area contributed by atoms with E-state index in [1.165, 1.54) is 18.4 Å². The third-order valence-corrected chi connectivity index (χ3v) is 8.18. The Bertz CT molecular complexity index is 1420. The van der Waals surface area contributed by atoms with Gasteiger partial charge < -0.3 is 20.3 Å². The number of aromatic nitrogens is 3. The molecule has 0 radical (unpaired) electrons. The number of carbonyl (C=O) groups excluding carboxylic acids is 1. The highest BCUT2D eigenvalue weighted by molar-refractivity contribution is 6.13. The fourth-order valence-electron chi connectivity index (χ4n) is 5.90. The number of amidine groups is 1. The van der Waals surface area contributed by atoms with E-state index in [1.54, 1.807) is 10.9 Å². The van der Waals surface area contributed by atoms with E-state index in [4.69, 9.17) is 20.4 Å². The molecule has 2 N–H and O–H groups in total. The summed E-state index contributed by atoms with van der Waals surface area (Å²) in [7, 11) is 3.94. The first-order valence-corrected chi connectivity index (χ1v) is 14.0. The van der Waals surface area contributed by atoms with Gasteiger partial charge in [-0.15, -0.1) is 0 Å². The summed E-state index contributed by atoms with van der Waals surface area (Å²) in [4.78, 5) is 27.6. The monoisotopic (exact) mass is 527 g/mol. The molecule has 1 amide bonds. The summed E-state index contributed by atoms with van der Waals surface area (Å²) in [6.07, 6.45) is 6.94. The van der Waals surface area contributed by atoms with Crippen LogP contribution in [0.25, 0.3) is 11.3 Å². The number of aliphatic imine (C=N–C) groups is 1. The number of nitrogens with two attached hydrogens (primary N) is 1. The van der Waals surface area contributed by atoms with E-state index in [0.717, 1.165) is 54.4 Å². The molecule has 1 aromatic carbocycles. The zero-order chi connectivity index (χ0) is 27.1. The summed E-state index contributed by atoms with van der Waals surface area (Å²) in [5.74, 6) is 2.47. The SMILES string of the molecule is Cc1cc2cc(n1)-c1cnn(C)c1OCCC[C@@H](C1CC1)CN1C(=NC2=O)Cc2ccc(N(C)CCN)cc21. The van der Waals surface area contributed by atoms with Crippen molar-refractivity contribution < 1.29 is 9.53 Å². The maximum absolute atomic E-state index is 13.7. The number of fused-ring (bicyclic) bond motifs is 7. The molecule has 39 heavy (non-hydrogen) atoms. The van der Waals surface area contributed by atoms with Crippen LogP contribution in [0.1, 0.15) is 47.3 Å². The van der Waals surface area contributed by atoms with Gasteiger partial charge in [-0.1, -0.05) is 6.07 Å². The fraction of sp³-hybridized carbons (Fsp3) is 0.467. The van der Waals surface area contributed by atoms with Crippen molar-refractivity contribution in [3.63, 3.8) is 0 Å². The lowest BCUT2D eigenvalue weighted by molar-refractivity contribution is 0.100. The number of rotatable bonds is 4. The molecule has 2 bridgehead atoms. The Balaban J connectivity index is 1.42. The van der Waals surface area contributed by atoms with Crippen LogP contribution in [0.3, 0.4) is 0 Å². The van der Waals surface area contributed by atoms with E-state index in [1.807, 2.05) is 26.1 Å². The van der Waals surface area contributed by atoms with E-state index < -0.39 is 0 Å². The first-order chi connectivity index (χ1) is 18.9. The summed E-state index contributed by atoms with van der Waals surface area (Å²) < 4.78 is 8.01. The number of aryl methyl sites for hydroxylation is 2. The van der Waals surface area contributed by atoms with Crippen molar-refractivity contribution in [2.75, 3.05) is 43.1 Å². The summed E-state index contributed by atoms with van der Waals surface area (Å²) in [6, 6.07) is 10.2. The molecule has 9 nitrogen and oxygen atoms in total. The lowest BCUT2D eigenvalue weighted by Crippen LogP contribution is -2.34. The summed E-state index contributed by atoms with van der Waals surface area (Å²) in [5, 5.41) is 4.42. The summed E-state index contributed by atoms with van der Waals surface area (Å²) in [6.45, 7) is 4.74.